The highest BCUT2D eigenvalue weighted by Gasteiger charge is 2.53. The van der Waals surface area contributed by atoms with Gasteiger partial charge in [-0.15, -0.1) is 0 Å². The van der Waals surface area contributed by atoms with E-state index in [4.69, 9.17) is 28.4 Å². The lowest BCUT2D eigenvalue weighted by Crippen LogP contribution is -2.66. The first-order valence-electron chi connectivity index (χ1n) is 27.5. The van der Waals surface area contributed by atoms with Crippen molar-refractivity contribution in [2.45, 2.75) is 253 Å². The first kappa shape index (κ1) is 65.8. The average Bonchev–Trinajstić information content (AvgIpc) is 3.40. The summed E-state index contributed by atoms with van der Waals surface area (Å²) < 4.78 is 34.1. The lowest BCUT2D eigenvalue weighted by molar-refractivity contribution is -0.379. The second-order valence-corrected chi connectivity index (χ2v) is 19.7. The molecular weight excluding hydrogens is 963 g/mol. The number of hydrogen-bond acceptors (Lipinski definition) is 18. The number of ether oxygens (including phenoxy) is 6. The zero-order valence-corrected chi connectivity index (χ0v) is 44.0. The third kappa shape index (κ3) is 23.6. The van der Waals surface area contributed by atoms with Crippen molar-refractivity contribution in [2.24, 2.45) is 0 Å². The molecule has 74 heavy (non-hydrogen) atoms. The van der Waals surface area contributed by atoms with Gasteiger partial charge in [0.2, 0.25) is 5.91 Å². The second kappa shape index (κ2) is 38.9. The normalized spacial score (nSPS) is 31.9. The van der Waals surface area contributed by atoms with Gasteiger partial charge in [0.1, 0.15) is 73.2 Å². The molecule has 3 fully saturated rings. The van der Waals surface area contributed by atoms with Gasteiger partial charge in [0, 0.05) is 6.42 Å². The van der Waals surface area contributed by atoms with Crippen molar-refractivity contribution >= 4 is 5.91 Å². The maximum absolute atomic E-state index is 13.3. The summed E-state index contributed by atoms with van der Waals surface area (Å²) in [5.41, 5.74) is 0. The van der Waals surface area contributed by atoms with E-state index in [1.54, 1.807) is 6.08 Å². The summed E-state index contributed by atoms with van der Waals surface area (Å²) in [6.45, 7) is 1.53. The van der Waals surface area contributed by atoms with Crippen molar-refractivity contribution in [1.82, 2.24) is 5.32 Å². The van der Waals surface area contributed by atoms with Crippen LogP contribution in [0.25, 0.3) is 0 Å². The van der Waals surface area contributed by atoms with Gasteiger partial charge in [0.05, 0.1) is 38.6 Å². The highest BCUT2D eigenvalue weighted by atomic mass is 16.8. The summed E-state index contributed by atoms with van der Waals surface area (Å²) in [4.78, 5) is 13.3. The molecule has 19 nitrogen and oxygen atoms in total. The van der Waals surface area contributed by atoms with Crippen molar-refractivity contribution in [3.63, 3.8) is 0 Å². The Morgan fingerprint density at radius 3 is 1.46 bits per heavy atom. The van der Waals surface area contributed by atoms with Crippen LogP contribution in [0.4, 0.5) is 0 Å². The molecule has 1 amide bonds. The summed E-state index contributed by atoms with van der Waals surface area (Å²) in [6, 6.07) is -0.981. The molecule has 0 bridgehead atoms. The van der Waals surface area contributed by atoms with E-state index < -0.39 is 124 Å². The van der Waals surface area contributed by atoms with Crippen LogP contribution in [-0.4, -0.2) is 193 Å². The highest BCUT2D eigenvalue weighted by molar-refractivity contribution is 5.76. The summed E-state index contributed by atoms with van der Waals surface area (Å²) in [6.07, 6.45) is 15.0. The van der Waals surface area contributed by atoms with Gasteiger partial charge in [-0.2, -0.15) is 0 Å². The third-order valence-corrected chi connectivity index (χ3v) is 13.6. The molecule has 17 atom stereocenters. The fourth-order valence-corrected chi connectivity index (χ4v) is 9.00. The van der Waals surface area contributed by atoms with Crippen LogP contribution < -0.4 is 5.32 Å². The second-order valence-electron chi connectivity index (χ2n) is 19.7. The van der Waals surface area contributed by atoms with Gasteiger partial charge in [-0.3, -0.25) is 4.79 Å². The van der Waals surface area contributed by atoms with E-state index in [0.717, 1.165) is 89.9 Å². The van der Waals surface area contributed by atoms with Crippen LogP contribution in [0.5, 0.6) is 0 Å². The number of hydrogen-bond donors (Lipinski definition) is 12. The topological polar surface area (TPSA) is 307 Å². The summed E-state index contributed by atoms with van der Waals surface area (Å²) in [5, 5.41) is 120. The minimum atomic E-state index is -1.98. The van der Waals surface area contributed by atoms with Crippen molar-refractivity contribution in [2.75, 3.05) is 26.4 Å². The van der Waals surface area contributed by atoms with E-state index in [0.29, 0.717) is 6.42 Å². The number of amides is 1. The van der Waals surface area contributed by atoms with Crippen LogP contribution in [0, 0.1) is 0 Å². The van der Waals surface area contributed by atoms with Crippen molar-refractivity contribution in [3.8, 4) is 0 Å². The third-order valence-electron chi connectivity index (χ3n) is 13.6. The van der Waals surface area contributed by atoms with Gasteiger partial charge in [-0.05, 0) is 57.8 Å². The molecule has 0 saturated carbocycles. The predicted octanol–water partition coefficient (Wildman–Crippen LogP) is 3.31. The summed E-state index contributed by atoms with van der Waals surface area (Å²) >= 11 is 0. The summed E-state index contributed by atoms with van der Waals surface area (Å²) in [7, 11) is 0. The van der Waals surface area contributed by atoms with E-state index in [-0.39, 0.29) is 18.9 Å². The van der Waals surface area contributed by atoms with Crippen LogP contribution in [0.3, 0.4) is 0 Å². The van der Waals surface area contributed by atoms with Crippen molar-refractivity contribution in [1.29, 1.82) is 0 Å². The number of aliphatic hydroxyl groups is 11. The smallest absolute Gasteiger partial charge is 0.220 e. The molecule has 3 aliphatic heterocycles. The summed E-state index contributed by atoms with van der Waals surface area (Å²) in [5.74, 6) is -0.296. The zero-order chi connectivity index (χ0) is 54.1. The van der Waals surface area contributed by atoms with Gasteiger partial charge in [-0.1, -0.05) is 145 Å². The molecule has 0 aromatic rings. The fraction of sp³-hybridized carbons (Fsp3) is 0.800. The molecule has 19 heteroatoms. The van der Waals surface area contributed by atoms with Gasteiger partial charge >= 0.3 is 0 Å². The van der Waals surface area contributed by atoms with Crippen LogP contribution in [-0.2, 0) is 33.2 Å². The Hall–Kier alpha value is -2.51. The Kier molecular flexibility index (Phi) is 34.6. The molecule has 3 heterocycles. The number of carbonyl (C=O) groups excluding carboxylic acids is 1. The fourth-order valence-electron chi connectivity index (χ4n) is 9.00. The average molecular weight is 1060 g/mol. The van der Waals surface area contributed by atoms with Crippen molar-refractivity contribution in [3.05, 3.63) is 60.8 Å². The highest BCUT2D eigenvalue weighted by Crippen LogP contribution is 2.33. The van der Waals surface area contributed by atoms with Gasteiger partial charge in [-0.25, -0.2) is 0 Å². The van der Waals surface area contributed by atoms with E-state index in [1.807, 2.05) is 6.08 Å². The number of allylic oxidation sites excluding steroid dienone is 9. The van der Waals surface area contributed by atoms with Gasteiger partial charge < -0.3 is 89.9 Å². The molecule has 0 aromatic heterocycles. The quantitative estimate of drug-likeness (QED) is 0.0312. The maximum Gasteiger partial charge on any atom is 0.220 e. The molecular formula is C55H95NO18. The maximum atomic E-state index is 13.3. The van der Waals surface area contributed by atoms with Crippen LogP contribution in [0.2, 0.25) is 0 Å². The van der Waals surface area contributed by atoms with E-state index in [9.17, 15) is 61.0 Å². The molecule has 3 rings (SSSR count). The number of rotatable bonds is 38. The predicted molar refractivity (Wildman–Crippen MR) is 277 cm³/mol. The molecule has 0 aliphatic carbocycles. The van der Waals surface area contributed by atoms with E-state index in [2.05, 4.69) is 67.8 Å². The Morgan fingerprint density at radius 2 is 0.932 bits per heavy atom. The molecule has 0 radical (unpaired) electrons. The van der Waals surface area contributed by atoms with Gasteiger partial charge in [0.15, 0.2) is 18.9 Å². The Bertz CT molecular complexity index is 1590. The van der Waals surface area contributed by atoms with Gasteiger partial charge in [0.25, 0.3) is 0 Å². The Morgan fingerprint density at radius 1 is 0.500 bits per heavy atom. The first-order valence-corrected chi connectivity index (χ1v) is 27.5. The minimum absolute atomic E-state index is 0.224. The molecule has 12 N–H and O–H groups in total. The molecule has 3 aliphatic rings. The van der Waals surface area contributed by atoms with Crippen LogP contribution in [0.15, 0.2) is 60.8 Å². The number of unbranched alkanes of at least 4 members (excludes halogenated alkanes) is 14. The molecule has 428 valence electrons. The number of carbonyl (C=O) groups is 1. The zero-order valence-electron chi connectivity index (χ0n) is 44.0. The van der Waals surface area contributed by atoms with E-state index in [1.165, 1.54) is 32.1 Å². The number of aliphatic hydroxyl groups excluding tert-OH is 11. The SMILES string of the molecule is CC/C=C\C/C=C\C/C=C\C/C=C\CCCCCCCCC(=O)NC(COC1OC(CO)C(OC2OC(CO)C(OC3OC(CO)C(O)C(O)C3O)C(O)C2O)C(O)C1O)C(O)/C=C/CCCCCCCCCC. The van der Waals surface area contributed by atoms with Crippen molar-refractivity contribution < 1.29 is 89.4 Å². The first-order chi connectivity index (χ1) is 35.8. The molecule has 3 saturated heterocycles. The van der Waals surface area contributed by atoms with E-state index >= 15 is 0 Å². The largest absolute Gasteiger partial charge is 0.394 e. The Balaban J connectivity index is 1.52. The van der Waals surface area contributed by atoms with Crippen LogP contribution in [0.1, 0.15) is 149 Å². The minimum Gasteiger partial charge on any atom is -0.394 e. The molecule has 0 aromatic carbocycles. The molecule has 0 spiro atoms. The number of nitrogens with one attached hydrogen (secondary N) is 1. The Labute approximate surface area is 439 Å². The standard InChI is InChI=1S/C55H95NO18/c1-3-5-7-9-11-13-15-16-17-18-19-20-21-22-23-25-27-29-31-33-43(61)56-38(39(60)32-30-28-26-24-14-12-10-8-6-4-2)37-69-53-49(67)46(64)51(41(35-58)71-53)74-55-50(68)47(65)52(42(36-59)72-55)73-54-48(66)45(63)44(62)40(34-57)70-54/h5,7,11,13,16-17,19-20,30,32,38-42,44-55,57-60,62-68H,3-4,6,8-10,12,14-15,18,21-29,31,33-37H2,1-2H3,(H,56,61)/b7-5-,13-11-,17-16-,20-19-,32-30+. The monoisotopic (exact) mass is 1060 g/mol. The molecule has 17 unspecified atom stereocenters. The van der Waals surface area contributed by atoms with Crippen LogP contribution >= 0.6 is 0 Å². The lowest BCUT2D eigenvalue weighted by Gasteiger charge is -2.48. The lowest BCUT2D eigenvalue weighted by atomic mass is 9.96.